The molecule has 0 atom stereocenters. The van der Waals surface area contributed by atoms with Crippen LogP contribution in [0.25, 0.3) is 10.7 Å². The molecule has 0 fully saturated rings. The minimum Gasteiger partial charge on any atom is -0.325 e. The lowest BCUT2D eigenvalue weighted by atomic mass is 10.1. The van der Waals surface area contributed by atoms with Crippen LogP contribution < -0.4 is 5.32 Å². The fraction of sp³-hybridized carbons (Fsp3) is 0.316. The van der Waals surface area contributed by atoms with E-state index in [2.05, 4.69) is 33.9 Å². The quantitative estimate of drug-likeness (QED) is 0.570. The van der Waals surface area contributed by atoms with Crippen LogP contribution in [0.4, 0.5) is 5.69 Å². The Morgan fingerprint density at radius 3 is 2.65 bits per heavy atom. The molecule has 0 aliphatic rings. The summed E-state index contributed by atoms with van der Waals surface area (Å²) in [4.78, 5) is 13.4. The summed E-state index contributed by atoms with van der Waals surface area (Å²) in [5.74, 6) is 1.14. The number of carbonyl (C=O) groups excluding carboxylic acids is 1. The molecule has 1 N–H and O–H groups in total. The first-order chi connectivity index (χ1) is 12.7. The van der Waals surface area contributed by atoms with Gasteiger partial charge in [0.05, 0.1) is 10.6 Å². The number of hydrogen-bond acceptors (Lipinski definition) is 5. The SMILES string of the molecule is CCCn1c(SCC(=O)Nc2ccc(CC)cc2)nnc1-c1cccs1. The maximum absolute atomic E-state index is 12.3. The lowest BCUT2D eigenvalue weighted by Gasteiger charge is -2.08. The van der Waals surface area contributed by atoms with E-state index in [9.17, 15) is 4.79 Å². The van der Waals surface area contributed by atoms with Crippen molar-refractivity contribution in [3.05, 3.63) is 47.3 Å². The van der Waals surface area contributed by atoms with E-state index >= 15 is 0 Å². The minimum absolute atomic E-state index is 0.0389. The van der Waals surface area contributed by atoms with Gasteiger partial charge in [0.15, 0.2) is 11.0 Å². The third-order valence-corrected chi connectivity index (χ3v) is 5.72. The summed E-state index contributed by atoms with van der Waals surface area (Å²) in [6, 6.07) is 12.0. The Balaban J connectivity index is 1.64. The second-order valence-electron chi connectivity index (χ2n) is 5.82. The van der Waals surface area contributed by atoms with Crippen molar-refractivity contribution in [2.24, 2.45) is 0 Å². The standard InChI is InChI=1S/C19H22N4OS2/c1-3-11-23-18(16-6-5-12-25-16)21-22-19(23)26-13-17(24)20-15-9-7-14(4-2)8-10-15/h5-10,12H,3-4,11,13H2,1-2H3,(H,20,24). The first-order valence-electron chi connectivity index (χ1n) is 8.70. The van der Waals surface area contributed by atoms with Crippen molar-refractivity contribution in [3.8, 4) is 10.7 Å². The molecule has 1 aromatic carbocycles. The first-order valence-corrected chi connectivity index (χ1v) is 10.6. The largest absolute Gasteiger partial charge is 0.325 e. The normalized spacial score (nSPS) is 10.8. The molecule has 3 aromatic rings. The highest BCUT2D eigenvalue weighted by molar-refractivity contribution is 7.99. The van der Waals surface area contributed by atoms with Crippen molar-refractivity contribution >= 4 is 34.7 Å². The molecule has 0 saturated heterocycles. The molecule has 26 heavy (non-hydrogen) atoms. The van der Waals surface area contributed by atoms with E-state index in [1.807, 2.05) is 41.8 Å². The number of aromatic nitrogens is 3. The van der Waals surface area contributed by atoms with Crippen LogP contribution in [0.2, 0.25) is 0 Å². The van der Waals surface area contributed by atoms with Crippen molar-refractivity contribution < 1.29 is 4.79 Å². The average molecular weight is 387 g/mol. The number of carbonyl (C=O) groups is 1. The molecule has 3 rings (SSSR count). The summed E-state index contributed by atoms with van der Waals surface area (Å²) in [6.07, 6.45) is 1.98. The van der Waals surface area contributed by atoms with Crippen LogP contribution in [0, 0.1) is 0 Å². The highest BCUT2D eigenvalue weighted by atomic mass is 32.2. The second-order valence-corrected chi connectivity index (χ2v) is 7.71. The molecule has 5 nitrogen and oxygen atoms in total. The number of anilines is 1. The van der Waals surface area contributed by atoms with E-state index in [1.54, 1.807) is 11.3 Å². The fourth-order valence-electron chi connectivity index (χ4n) is 2.56. The number of hydrogen-bond donors (Lipinski definition) is 1. The zero-order valence-corrected chi connectivity index (χ0v) is 16.6. The molecule has 0 radical (unpaired) electrons. The summed E-state index contributed by atoms with van der Waals surface area (Å²) >= 11 is 3.07. The van der Waals surface area contributed by atoms with Gasteiger partial charge in [-0.1, -0.05) is 43.8 Å². The van der Waals surface area contributed by atoms with E-state index in [1.165, 1.54) is 17.3 Å². The van der Waals surface area contributed by atoms with Gasteiger partial charge >= 0.3 is 0 Å². The van der Waals surface area contributed by atoms with E-state index in [0.717, 1.165) is 40.9 Å². The number of nitrogens with one attached hydrogen (secondary N) is 1. The van der Waals surface area contributed by atoms with Crippen molar-refractivity contribution in [1.29, 1.82) is 0 Å². The maximum atomic E-state index is 12.3. The Hall–Kier alpha value is -2.12. The predicted octanol–water partition coefficient (Wildman–Crippen LogP) is 4.71. The molecule has 1 amide bonds. The molecule has 0 saturated carbocycles. The highest BCUT2D eigenvalue weighted by Gasteiger charge is 2.15. The van der Waals surface area contributed by atoms with E-state index < -0.39 is 0 Å². The molecule has 0 unspecified atom stereocenters. The number of nitrogens with zero attached hydrogens (tertiary/aromatic N) is 3. The Morgan fingerprint density at radius 1 is 1.19 bits per heavy atom. The molecule has 0 aliphatic heterocycles. The van der Waals surface area contributed by atoms with E-state index in [4.69, 9.17) is 0 Å². The molecule has 0 spiro atoms. The summed E-state index contributed by atoms with van der Waals surface area (Å²) in [5, 5.41) is 14.4. The van der Waals surface area contributed by atoms with Gasteiger partial charge in [-0.05, 0) is 42.0 Å². The van der Waals surface area contributed by atoms with Crippen LogP contribution in [0.3, 0.4) is 0 Å². The van der Waals surface area contributed by atoms with Crippen molar-refractivity contribution in [2.45, 2.75) is 38.4 Å². The summed E-state index contributed by atoms with van der Waals surface area (Å²) < 4.78 is 2.10. The Bertz CT molecular complexity index is 841. The highest BCUT2D eigenvalue weighted by Crippen LogP contribution is 2.27. The Labute approximate surface area is 161 Å². The van der Waals surface area contributed by atoms with Gasteiger partial charge in [-0.15, -0.1) is 21.5 Å². The van der Waals surface area contributed by atoms with Crippen molar-refractivity contribution in [1.82, 2.24) is 14.8 Å². The van der Waals surface area contributed by atoms with Crippen LogP contribution in [0.15, 0.2) is 46.9 Å². The van der Waals surface area contributed by atoms with Crippen LogP contribution >= 0.6 is 23.1 Å². The fourth-order valence-corrected chi connectivity index (χ4v) is 4.04. The molecule has 7 heteroatoms. The molecular formula is C19H22N4OS2. The van der Waals surface area contributed by atoms with Gasteiger partial charge in [0.25, 0.3) is 0 Å². The summed E-state index contributed by atoms with van der Waals surface area (Å²) in [5.41, 5.74) is 2.08. The summed E-state index contributed by atoms with van der Waals surface area (Å²) in [7, 11) is 0. The number of aryl methyl sites for hydroxylation is 1. The number of rotatable bonds is 8. The lowest BCUT2D eigenvalue weighted by Crippen LogP contribution is -2.14. The van der Waals surface area contributed by atoms with Gasteiger partial charge in [0.2, 0.25) is 5.91 Å². The number of thioether (sulfide) groups is 1. The van der Waals surface area contributed by atoms with Gasteiger partial charge in [-0.25, -0.2) is 0 Å². The van der Waals surface area contributed by atoms with Crippen molar-refractivity contribution in [3.63, 3.8) is 0 Å². The second kappa shape index (κ2) is 9.00. The molecule has 2 heterocycles. The molecule has 136 valence electrons. The summed E-state index contributed by atoms with van der Waals surface area (Å²) in [6.45, 7) is 5.07. The van der Waals surface area contributed by atoms with Crippen LogP contribution in [0.5, 0.6) is 0 Å². The number of thiophene rings is 1. The zero-order chi connectivity index (χ0) is 18.4. The third kappa shape index (κ3) is 4.53. The van der Waals surface area contributed by atoms with E-state index in [0.29, 0.717) is 5.75 Å². The Kier molecular flexibility index (Phi) is 6.46. The van der Waals surface area contributed by atoms with Gasteiger partial charge in [0, 0.05) is 12.2 Å². The lowest BCUT2D eigenvalue weighted by molar-refractivity contribution is -0.113. The van der Waals surface area contributed by atoms with Gasteiger partial charge in [-0.3, -0.25) is 4.79 Å². The molecule has 0 bridgehead atoms. The molecule has 2 aromatic heterocycles. The van der Waals surface area contributed by atoms with Crippen LogP contribution in [-0.4, -0.2) is 26.4 Å². The van der Waals surface area contributed by atoms with Crippen LogP contribution in [-0.2, 0) is 17.8 Å². The number of amides is 1. The minimum atomic E-state index is -0.0389. The zero-order valence-electron chi connectivity index (χ0n) is 14.9. The first kappa shape index (κ1) is 18.7. The molecular weight excluding hydrogens is 364 g/mol. The van der Waals surface area contributed by atoms with Crippen LogP contribution in [0.1, 0.15) is 25.8 Å². The van der Waals surface area contributed by atoms with Gasteiger partial charge in [-0.2, -0.15) is 0 Å². The monoisotopic (exact) mass is 386 g/mol. The average Bonchev–Trinajstić information content (AvgIpc) is 3.31. The maximum Gasteiger partial charge on any atom is 0.234 e. The number of benzene rings is 1. The topological polar surface area (TPSA) is 59.8 Å². The Morgan fingerprint density at radius 2 is 2.00 bits per heavy atom. The third-order valence-electron chi connectivity index (χ3n) is 3.88. The van der Waals surface area contributed by atoms with Gasteiger partial charge < -0.3 is 9.88 Å². The van der Waals surface area contributed by atoms with Gasteiger partial charge in [0.1, 0.15) is 0 Å². The predicted molar refractivity (Wildman–Crippen MR) is 109 cm³/mol. The van der Waals surface area contributed by atoms with Crippen molar-refractivity contribution in [2.75, 3.05) is 11.1 Å². The van der Waals surface area contributed by atoms with E-state index in [-0.39, 0.29) is 5.91 Å². The smallest absolute Gasteiger partial charge is 0.234 e. The molecule has 0 aliphatic carbocycles.